The molecule has 2 atom stereocenters. The maximum Gasteiger partial charge on any atom is 0.249 e. The largest absolute Gasteiger partial charge is 0.472 e. The van der Waals surface area contributed by atoms with E-state index in [1.165, 1.54) is 0 Å². The van der Waals surface area contributed by atoms with Crippen LogP contribution in [0.15, 0.2) is 5.16 Å². The van der Waals surface area contributed by atoms with Crippen LogP contribution < -0.4 is 0 Å². The fourth-order valence-corrected chi connectivity index (χ4v) is 2.11. The van der Waals surface area contributed by atoms with Crippen LogP contribution in [0.3, 0.4) is 0 Å². The second-order valence-corrected chi connectivity index (χ2v) is 5.14. The lowest BCUT2D eigenvalue weighted by Crippen LogP contribution is -2.48. The van der Waals surface area contributed by atoms with E-state index in [0.717, 1.165) is 6.42 Å². The van der Waals surface area contributed by atoms with Crippen molar-refractivity contribution >= 4 is 11.8 Å². The highest BCUT2D eigenvalue weighted by Crippen LogP contribution is 2.33. The SMILES string of the molecule is CC(C)(C)C(=O)N1CC2CC1C(=NO)O2. The summed E-state index contributed by atoms with van der Waals surface area (Å²) in [6, 6.07) is -0.160. The lowest BCUT2D eigenvalue weighted by atomic mass is 9.94. The first-order valence-corrected chi connectivity index (χ1v) is 5.13. The van der Waals surface area contributed by atoms with Crippen LogP contribution in [-0.4, -0.2) is 40.6 Å². The summed E-state index contributed by atoms with van der Waals surface area (Å²) in [7, 11) is 0. The van der Waals surface area contributed by atoms with Crippen molar-refractivity contribution in [2.75, 3.05) is 6.54 Å². The predicted octanol–water partition coefficient (Wildman–Crippen LogP) is 0.820. The van der Waals surface area contributed by atoms with Gasteiger partial charge < -0.3 is 14.8 Å². The molecule has 2 fully saturated rings. The number of nitrogens with zero attached hydrogens (tertiary/aromatic N) is 2. The van der Waals surface area contributed by atoms with Crippen molar-refractivity contribution in [3.63, 3.8) is 0 Å². The molecule has 0 radical (unpaired) electrons. The molecule has 84 valence electrons. The number of hydrogen-bond acceptors (Lipinski definition) is 4. The molecule has 0 aromatic heterocycles. The first kappa shape index (κ1) is 10.3. The normalized spacial score (nSPS) is 32.2. The van der Waals surface area contributed by atoms with E-state index in [9.17, 15) is 4.79 Å². The summed E-state index contributed by atoms with van der Waals surface area (Å²) in [6.07, 6.45) is 0.758. The number of likely N-dealkylation sites (tertiary alicyclic amines) is 1. The van der Waals surface area contributed by atoms with Crippen LogP contribution in [0.25, 0.3) is 0 Å². The molecule has 2 heterocycles. The minimum Gasteiger partial charge on any atom is -0.472 e. The Balaban J connectivity index is 2.17. The van der Waals surface area contributed by atoms with Crippen LogP contribution in [0.4, 0.5) is 0 Å². The Hall–Kier alpha value is -1.26. The molecule has 0 aromatic carbocycles. The Kier molecular flexibility index (Phi) is 2.13. The highest BCUT2D eigenvalue weighted by molar-refractivity contribution is 5.92. The van der Waals surface area contributed by atoms with Gasteiger partial charge in [0.2, 0.25) is 11.8 Å². The van der Waals surface area contributed by atoms with Crippen LogP contribution in [0, 0.1) is 5.41 Å². The molecular formula is C10H16N2O3. The van der Waals surface area contributed by atoms with E-state index in [4.69, 9.17) is 9.94 Å². The molecule has 0 aromatic rings. The highest BCUT2D eigenvalue weighted by Gasteiger charge is 2.49. The molecule has 2 unspecified atom stereocenters. The van der Waals surface area contributed by atoms with Gasteiger partial charge in [0.15, 0.2) is 0 Å². The van der Waals surface area contributed by atoms with Crippen molar-refractivity contribution in [3.05, 3.63) is 0 Å². The molecule has 5 nitrogen and oxygen atoms in total. The Bertz CT molecular complexity index is 319. The molecule has 2 aliphatic heterocycles. The Morgan fingerprint density at radius 3 is 2.73 bits per heavy atom. The summed E-state index contributed by atoms with van der Waals surface area (Å²) in [4.78, 5) is 13.8. The van der Waals surface area contributed by atoms with Crippen LogP contribution >= 0.6 is 0 Å². The summed E-state index contributed by atoms with van der Waals surface area (Å²) < 4.78 is 5.31. The Morgan fingerprint density at radius 1 is 1.60 bits per heavy atom. The number of amides is 1. The maximum absolute atomic E-state index is 12.1. The number of morpholine rings is 1. The van der Waals surface area contributed by atoms with Gasteiger partial charge in [-0.3, -0.25) is 4.79 Å². The minimum atomic E-state index is -0.398. The van der Waals surface area contributed by atoms with Gasteiger partial charge in [-0.05, 0) is 0 Å². The smallest absolute Gasteiger partial charge is 0.249 e. The topological polar surface area (TPSA) is 62.1 Å². The van der Waals surface area contributed by atoms with E-state index in [0.29, 0.717) is 6.54 Å². The van der Waals surface area contributed by atoms with Crippen LogP contribution in [0.2, 0.25) is 0 Å². The van der Waals surface area contributed by atoms with E-state index in [1.54, 1.807) is 4.90 Å². The second kappa shape index (κ2) is 3.12. The summed E-state index contributed by atoms with van der Waals surface area (Å²) in [5.41, 5.74) is -0.398. The third-order valence-corrected chi connectivity index (χ3v) is 2.84. The molecule has 0 aliphatic carbocycles. The monoisotopic (exact) mass is 212 g/mol. The van der Waals surface area contributed by atoms with E-state index in [2.05, 4.69) is 5.16 Å². The van der Waals surface area contributed by atoms with Crippen molar-refractivity contribution in [1.82, 2.24) is 4.90 Å². The Morgan fingerprint density at radius 2 is 2.27 bits per heavy atom. The van der Waals surface area contributed by atoms with E-state index >= 15 is 0 Å². The molecule has 0 spiro atoms. The third-order valence-electron chi connectivity index (χ3n) is 2.84. The zero-order valence-corrected chi connectivity index (χ0v) is 9.23. The zero-order chi connectivity index (χ0) is 11.2. The quantitative estimate of drug-likeness (QED) is 0.477. The van der Waals surface area contributed by atoms with Gasteiger partial charge in [-0.2, -0.15) is 0 Å². The average molecular weight is 212 g/mol. The lowest BCUT2D eigenvalue weighted by molar-refractivity contribution is -0.140. The van der Waals surface area contributed by atoms with Crippen LogP contribution in [-0.2, 0) is 9.53 Å². The van der Waals surface area contributed by atoms with Gasteiger partial charge in [0.05, 0.1) is 6.54 Å². The summed E-state index contributed by atoms with van der Waals surface area (Å²) in [5, 5.41) is 11.8. The standard InChI is InChI=1S/C10H16N2O3/c1-10(2,3)9(13)12-5-6-4-7(12)8(11-14)15-6/h6-7,14H,4-5H2,1-3H3. The molecule has 1 amide bonds. The lowest BCUT2D eigenvalue weighted by Gasteiger charge is -2.32. The van der Waals surface area contributed by atoms with Gasteiger partial charge in [-0.15, -0.1) is 0 Å². The second-order valence-electron chi connectivity index (χ2n) is 5.14. The fourth-order valence-electron chi connectivity index (χ4n) is 2.11. The van der Waals surface area contributed by atoms with Crippen LogP contribution in [0.5, 0.6) is 0 Å². The molecule has 2 aliphatic rings. The number of carbonyl (C=O) groups excluding carboxylic acids is 1. The Labute approximate surface area is 88.7 Å². The van der Waals surface area contributed by atoms with Crippen molar-refractivity contribution in [2.24, 2.45) is 10.6 Å². The van der Waals surface area contributed by atoms with Crippen LogP contribution in [0.1, 0.15) is 27.2 Å². The highest BCUT2D eigenvalue weighted by atomic mass is 16.5. The average Bonchev–Trinajstić information content (AvgIpc) is 2.72. The van der Waals surface area contributed by atoms with E-state index in [1.807, 2.05) is 20.8 Å². The molecular weight excluding hydrogens is 196 g/mol. The maximum atomic E-state index is 12.1. The van der Waals surface area contributed by atoms with Gasteiger partial charge in [-0.25, -0.2) is 0 Å². The number of hydrogen-bond donors (Lipinski definition) is 1. The molecule has 15 heavy (non-hydrogen) atoms. The number of ether oxygens (including phenoxy) is 1. The van der Waals surface area contributed by atoms with Crippen molar-refractivity contribution < 1.29 is 14.7 Å². The molecule has 2 rings (SSSR count). The summed E-state index contributed by atoms with van der Waals surface area (Å²) in [6.45, 7) is 6.27. The predicted molar refractivity (Wildman–Crippen MR) is 53.7 cm³/mol. The molecule has 2 saturated heterocycles. The first-order chi connectivity index (χ1) is 6.93. The number of carbonyl (C=O) groups is 1. The summed E-state index contributed by atoms with van der Waals surface area (Å²) >= 11 is 0. The molecule has 2 bridgehead atoms. The van der Waals surface area contributed by atoms with E-state index < -0.39 is 5.41 Å². The van der Waals surface area contributed by atoms with Crippen molar-refractivity contribution in [1.29, 1.82) is 0 Å². The minimum absolute atomic E-state index is 0.00667. The number of rotatable bonds is 0. The van der Waals surface area contributed by atoms with Gasteiger partial charge in [0.1, 0.15) is 12.1 Å². The van der Waals surface area contributed by atoms with E-state index in [-0.39, 0.29) is 24.0 Å². The molecule has 1 N–H and O–H groups in total. The van der Waals surface area contributed by atoms with Gasteiger partial charge in [0, 0.05) is 11.8 Å². The first-order valence-electron chi connectivity index (χ1n) is 5.13. The van der Waals surface area contributed by atoms with Gasteiger partial charge >= 0.3 is 0 Å². The van der Waals surface area contributed by atoms with Gasteiger partial charge in [0.25, 0.3) is 0 Å². The number of fused-ring (bicyclic) bond motifs is 2. The zero-order valence-electron chi connectivity index (χ0n) is 9.23. The fraction of sp³-hybridized carbons (Fsp3) is 0.800. The molecule has 0 saturated carbocycles. The van der Waals surface area contributed by atoms with Crippen molar-refractivity contribution in [2.45, 2.75) is 39.3 Å². The van der Waals surface area contributed by atoms with Crippen molar-refractivity contribution in [3.8, 4) is 0 Å². The third kappa shape index (κ3) is 1.56. The number of oxime groups is 1. The molecule has 5 heteroatoms. The van der Waals surface area contributed by atoms with Gasteiger partial charge in [-0.1, -0.05) is 25.9 Å². The summed E-state index contributed by atoms with van der Waals surface area (Å²) in [5.74, 6) is 0.364.